The van der Waals surface area contributed by atoms with Crippen LogP contribution in [-0.2, 0) is 16.1 Å². The number of benzene rings is 2. The van der Waals surface area contributed by atoms with Crippen LogP contribution < -0.4 is 10.2 Å². The maximum absolute atomic E-state index is 12.1. The van der Waals surface area contributed by atoms with Crippen molar-refractivity contribution in [2.24, 2.45) is 0 Å². The number of hydrogen-bond acceptors (Lipinski definition) is 6. The molecular weight excluding hydrogens is 370 g/mol. The van der Waals surface area contributed by atoms with Crippen LogP contribution in [0, 0.1) is 0 Å². The molecule has 0 saturated carbocycles. The zero-order valence-electron chi connectivity index (χ0n) is 16.6. The van der Waals surface area contributed by atoms with Crippen molar-refractivity contribution in [3.05, 3.63) is 59.7 Å². The fourth-order valence-electron chi connectivity index (χ4n) is 3.28. The summed E-state index contributed by atoms with van der Waals surface area (Å²) in [5.74, 6) is -1.09. The summed E-state index contributed by atoms with van der Waals surface area (Å²) in [5, 5.41) is 12.0. The van der Waals surface area contributed by atoms with Crippen LogP contribution >= 0.6 is 0 Å². The van der Waals surface area contributed by atoms with E-state index in [0.717, 1.165) is 37.4 Å². The smallest absolute Gasteiger partial charge is 0.335 e. The third-order valence-corrected chi connectivity index (χ3v) is 4.96. The summed E-state index contributed by atoms with van der Waals surface area (Å²) >= 11 is 0. The van der Waals surface area contributed by atoms with E-state index in [9.17, 15) is 9.59 Å². The lowest BCUT2D eigenvalue weighted by Gasteiger charge is -2.35. The first-order valence-corrected chi connectivity index (χ1v) is 9.71. The van der Waals surface area contributed by atoms with Crippen molar-refractivity contribution in [3.8, 4) is 0 Å². The largest absolute Gasteiger partial charge is 0.478 e. The molecule has 0 bridgehead atoms. The molecule has 2 aromatic carbocycles. The molecule has 2 aromatic rings. The van der Waals surface area contributed by atoms with Gasteiger partial charge in [-0.15, -0.1) is 0 Å². The van der Waals surface area contributed by atoms with Crippen molar-refractivity contribution in [2.45, 2.75) is 6.61 Å². The molecule has 7 nitrogen and oxygen atoms in total. The van der Waals surface area contributed by atoms with E-state index < -0.39 is 5.97 Å². The predicted octanol–water partition coefficient (Wildman–Crippen LogP) is 2.33. The van der Waals surface area contributed by atoms with Gasteiger partial charge in [0.2, 0.25) is 0 Å². The third-order valence-electron chi connectivity index (χ3n) is 4.96. The zero-order chi connectivity index (χ0) is 20.6. The number of carbonyl (C=O) groups is 2. The Morgan fingerprint density at radius 2 is 1.83 bits per heavy atom. The van der Waals surface area contributed by atoms with Gasteiger partial charge in [-0.05, 0) is 31.3 Å². The molecule has 0 atom stereocenters. The molecular formula is C22H27N3O4. The van der Waals surface area contributed by atoms with E-state index >= 15 is 0 Å². The Labute approximate surface area is 170 Å². The molecule has 2 N–H and O–H groups in total. The number of ketones is 1. The molecule has 3 rings (SSSR count). The highest BCUT2D eigenvalue weighted by atomic mass is 16.5. The van der Waals surface area contributed by atoms with Crippen molar-refractivity contribution < 1.29 is 19.4 Å². The molecule has 0 amide bonds. The van der Waals surface area contributed by atoms with Gasteiger partial charge in [-0.3, -0.25) is 4.79 Å². The number of Topliss-reactive ketones (excluding diaryl/α,β-unsaturated/α-hetero) is 1. The van der Waals surface area contributed by atoms with Gasteiger partial charge in [0.25, 0.3) is 0 Å². The van der Waals surface area contributed by atoms with Gasteiger partial charge in [-0.25, -0.2) is 4.79 Å². The quantitative estimate of drug-likeness (QED) is 0.672. The zero-order valence-corrected chi connectivity index (χ0v) is 16.6. The van der Waals surface area contributed by atoms with Crippen LogP contribution in [0.2, 0.25) is 0 Å². The Balaban J connectivity index is 1.47. The second kappa shape index (κ2) is 10.0. The monoisotopic (exact) mass is 397 g/mol. The van der Waals surface area contributed by atoms with Crippen molar-refractivity contribution in [1.82, 2.24) is 4.90 Å². The van der Waals surface area contributed by atoms with Gasteiger partial charge >= 0.3 is 5.97 Å². The summed E-state index contributed by atoms with van der Waals surface area (Å²) < 4.78 is 5.66. The number of nitrogens with zero attached hydrogens (tertiary/aromatic N) is 2. The van der Waals surface area contributed by atoms with E-state index in [1.807, 2.05) is 18.2 Å². The Bertz CT molecular complexity index is 847. The van der Waals surface area contributed by atoms with Gasteiger partial charge in [0.15, 0.2) is 5.78 Å². The third kappa shape index (κ3) is 6.04. The number of anilines is 2. The number of hydrogen-bond donors (Lipinski definition) is 2. The molecule has 29 heavy (non-hydrogen) atoms. The number of para-hydroxylation sites is 1. The van der Waals surface area contributed by atoms with Crippen LogP contribution in [-0.4, -0.2) is 68.1 Å². The molecule has 0 unspecified atom stereocenters. The van der Waals surface area contributed by atoms with E-state index in [2.05, 4.69) is 28.2 Å². The van der Waals surface area contributed by atoms with Crippen molar-refractivity contribution in [3.63, 3.8) is 0 Å². The number of likely N-dealkylation sites (N-methyl/N-ethyl adjacent to an activating group) is 1. The number of nitrogens with one attached hydrogen (secondary N) is 1. The molecule has 0 radical (unpaired) electrons. The van der Waals surface area contributed by atoms with E-state index in [-0.39, 0.29) is 24.5 Å². The number of ether oxygens (including phenoxy) is 1. The van der Waals surface area contributed by atoms with E-state index in [0.29, 0.717) is 12.3 Å². The molecule has 1 aliphatic rings. The Morgan fingerprint density at radius 1 is 1.07 bits per heavy atom. The molecule has 1 aliphatic heterocycles. The lowest BCUT2D eigenvalue weighted by atomic mass is 10.1. The predicted molar refractivity (Wildman–Crippen MR) is 113 cm³/mol. The molecule has 0 spiro atoms. The maximum atomic E-state index is 12.1. The first kappa shape index (κ1) is 20.8. The Hall–Kier alpha value is -2.90. The van der Waals surface area contributed by atoms with Gasteiger partial charge in [-0.2, -0.15) is 0 Å². The van der Waals surface area contributed by atoms with E-state index in [1.54, 1.807) is 12.1 Å². The summed E-state index contributed by atoms with van der Waals surface area (Å²) in [6.07, 6.45) is 0. The molecule has 1 saturated heterocycles. The van der Waals surface area contributed by atoms with Gasteiger partial charge in [0, 0.05) is 43.1 Å². The number of piperazine rings is 1. The summed E-state index contributed by atoms with van der Waals surface area (Å²) in [5.41, 5.74) is 3.02. The minimum Gasteiger partial charge on any atom is -0.478 e. The minimum absolute atomic E-state index is 0.00267. The Kier molecular flexibility index (Phi) is 7.21. The van der Waals surface area contributed by atoms with E-state index in [1.165, 1.54) is 12.1 Å². The second-order valence-electron chi connectivity index (χ2n) is 7.19. The maximum Gasteiger partial charge on any atom is 0.335 e. The molecule has 7 heteroatoms. The summed E-state index contributed by atoms with van der Waals surface area (Å²) in [6, 6.07) is 14.5. The Morgan fingerprint density at radius 3 is 2.59 bits per heavy atom. The van der Waals surface area contributed by atoms with Crippen molar-refractivity contribution in [1.29, 1.82) is 0 Å². The summed E-state index contributed by atoms with van der Waals surface area (Å²) in [4.78, 5) is 27.8. The van der Waals surface area contributed by atoms with Gasteiger partial charge < -0.3 is 25.0 Å². The van der Waals surface area contributed by atoms with Gasteiger partial charge in [0.1, 0.15) is 6.61 Å². The molecule has 0 aliphatic carbocycles. The highest BCUT2D eigenvalue weighted by molar-refractivity contribution is 5.89. The highest BCUT2D eigenvalue weighted by Crippen LogP contribution is 2.22. The summed E-state index contributed by atoms with van der Waals surface area (Å²) in [6.45, 7) is 4.48. The number of carboxylic acid groups (broad SMARTS) is 1. The van der Waals surface area contributed by atoms with Crippen LogP contribution in [0.3, 0.4) is 0 Å². The van der Waals surface area contributed by atoms with Crippen LogP contribution in [0.5, 0.6) is 0 Å². The summed E-state index contributed by atoms with van der Waals surface area (Å²) in [7, 11) is 2.13. The molecule has 154 valence electrons. The molecule has 0 aromatic heterocycles. The SMILES string of the molecule is CN1CCN(c2ccccc2COCC(=O)CNc2cccc(C(=O)O)c2)CC1. The molecule has 1 fully saturated rings. The van der Waals surface area contributed by atoms with Crippen LogP contribution in [0.1, 0.15) is 15.9 Å². The minimum atomic E-state index is -0.998. The van der Waals surface area contributed by atoms with Crippen LogP contribution in [0.4, 0.5) is 11.4 Å². The standard InChI is InChI=1S/C22H27N3O4/c1-24-9-11-25(12-10-24)21-8-3-2-5-18(21)15-29-16-20(26)14-23-19-7-4-6-17(13-19)22(27)28/h2-8,13,23H,9-12,14-16H2,1H3,(H,27,28). The lowest BCUT2D eigenvalue weighted by molar-refractivity contribution is -0.122. The number of aromatic carboxylic acids is 1. The average Bonchev–Trinajstić information content (AvgIpc) is 2.73. The van der Waals surface area contributed by atoms with Crippen LogP contribution in [0.25, 0.3) is 0 Å². The van der Waals surface area contributed by atoms with Gasteiger partial charge in [-0.1, -0.05) is 24.3 Å². The van der Waals surface area contributed by atoms with Crippen molar-refractivity contribution >= 4 is 23.1 Å². The average molecular weight is 397 g/mol. The van der Waals surface area contributed by atoms with Gasteiger partial charge in [0.05, 0.1) is 18.7 Å². The second-order valence-corrected chi connectivity index (χ2v) is 7.19. The van der Waals surface area contributed by atoms with E-state index in [4.69, 9.17) is 9.84 Å². The number of carboxylic acids is 1. The fraction of sp³-hybridized carbons (Fsp3) is 0.364. The number of carbonyl (C=O) groups excluding carboxylic acids is 1. The van der Waals surface area contributed by atoms with Crippen molar-refractivity contribution in [2.75, 3.05) is 56.6 Å². The highest BCUT2D eigenvalue weighted by Gasteiger charge is 2.16. The fourth-order valence-corrected chi connectivity index (χ4v) is 3.28. The normalized spacial score (nSPS) is 14.6. The first-order valence-electron chi connectivity index (χ1n) is 9.71. The van der Waals surface area contributed by atoms with Crippen LogP contribution in [0.15, 0.2) is 48.5 Å². The first-order chi connectivity index (χ1) is 14.0. The number of rotatable bonds is 9. The topological polar surface area (TPSA) is 82.1 Å². The molecule has 1 heterocycles. The lowest BCUT2D eigenvalue weighted by Crippen LogP contribution is -2.44.